The van der Waals surface area contributed by atoms with Gasteiger partial charge in [0.25, 0.3) is 0 Å². The van der Waals surface area contributed by atoms with Gasteiger partial charge in [-0.05, 0) is 18.4 Å². The van der Waals surface area contributed by atoms with Crippen LogP contribution >= 0.6 is 11.3 Å². The average Bonchev–Trinajstić information content (AvgIpc) is 2.89. The van der Waals surface area contributed by atoms with E-state index >= 15 is 0 Å². The van der Waals surface area contributed by atoms with E-state index in [0.717, 1.165) is 4.88 Å². The molecule has 0 fully saturated rings. The lowest BCUT2D eigenvalue weighted by molar-refractivity contribution is -0.137. The van der Waals surface area contributed by atoms with Gasteiger partial charge in [-0.3, -0.25) is 4.79 Å². The first-order valence-electron chi connectivity index (χ1n) is 5.85. The molecule has 1 unspecified atom stereocenters. The molecule has 0 aliphatic heterocycles. The summed E-state index contributed by atoms with van der Waals surface area (Å²) in [6.45, 7) is 5.34. The van der Waals surface area contributed by atoms with Crippen LogP contribution in [0.25, 0.3) is 0 Å². The van der Waals surface area contributed by atoms with Gasteiger partial charge in [0.15, 0.2) is 0 Å². The quantitative estimate of drug-likeness (QED) is 0.815. The number of aliphatic carboxylic acids is 1. The summed E-state index contributed by atoms with van der Waals surface area (Å²) in [6, 6.07) is 3.47. The van der Waals surface area contributed by atoms with E-state index in [1.54, 1.807) is 18.4 Å². The van der Waals surface area contributed by atoms with Crippen molar-refractivity contribution in [2.24, 2.45) is 0 Å². The van der Waals surface area contributed by atoms with E-state index in [1.807, 2.05) is 24.4 Å². The van der Waals surface area contributed by atoms with Gasteiger partial charge in [-0.25, -0.2) is 4.79 Å². The van der Waals surface area contributed by atoms with Gasteiger partial charge in [0, 0.05) is 18.5 Å². The van der Waals surface area contributed by atoms with Crippen molar-refractivity contribution in [3.8, 4) is 0 Å². The second kappa shape index (κ2) is 6.94. The second-order valence-corrected chi connectivity index (χ2v) is 5.13. The number of urea groups is 1. The van der Waals surface area contributed by atoms with E-state index in [9.17, 15) is 9.59 Å². The Hall–Kier alpha value is -1.82. The number of hydrogen-bond donors (Lipinski definition) is 1. The summed E-state index contributed by atoms with van der Waals surface area (Å²) in [5.41, 5.74) is 0. The van der Waals surface area contributed by atoms with Crippen LogP contribution in [-0.4, -0.2) is 47.0 Å². The SMILES string of the molecule is C=CCN(CC(=O)O)C(=O)N(C)C(C)c1cccs1. The zero-order valence-electron chi connectivity index (χ0n) is 11.1. The lowest BCUT2D eigenvalue weighted by Gasteiger charge is -2.30. The molecule has 6 heteroatoms. The highest BCUT2D eigenvalue weighted by Gasteiger charge is 2.24. The van der Waals surface area contributed by atoms with Crippen LogP contribution in [0.3, 0.4) is 0 Å². The summed E-state index contributed by atoms with van der Waals surface area (Å²) in [4.78, 5) is 26.9. The van der Waals surface area contributed by atoms with Crippen LogP contribution in [0.1, 0.15) is 17.8 Å². The summed E-state index contributed by atoms with van der Waals surface area (Å²) in [6.07, 6.45) is 1.52. The van der Waals surface area contributed by atoms with Crippen LogP contribution in [0.5, 0.6) is 0 Å². The highest BCUT2D eigenvalue weighted by atomic mass is 32.1. The van der Waals surface area contributed by atoms with Crippen molar-refractivity contribution in [3.63, 3.8) is 0 Å². The largest absolute Gasteiger partial charge is 0.480 e. The second-order valence-electron chi connectivity index (χ2n) is 4.15. The lowest BCUT2D eigenvalue weighted by atomic mass is 10.2. The molecule has 0 aliphatic carbocycles. The fourth-order valence-corrected chi connectivity index (χ4v) is 2.46. The van der Waals surface area contributed by atoms with Gasteiger partial charge in [-0.2, -0.15) is 0 Å². The molecule has 0 radical (unpaired) electrons. The van der Waals surface area contributed by atoms with Crippen LogP contribution < -0.4 is 0 Å². The van der Waals surface area contributed by atoms with Crippen molar-refractivity contribution in [1.29, 1.82) is 0 Å². The van der Waals surface area contributed by atoms with Crippen molar-refractivity contribution in [1.82, 2.24) is 9.80 Å². The number of rotatable bonds is 6. The highest BCUT2D eigenvalue weighted by Crippen LogP contribution is 2.24. The van der Waals surface area contributed by atoms with Crippen LogP contribution in [0.4, 0.5) is 4.79 Å². The van der Waals surface area contributed by atoms with E-state index in [-0.39, 0.29) is 25.2 Å². The summed E-state index contributed by atoms with van der Waals surface area (Å²) >= 11 is 1.57. The minimum absolute atomic E-state index is 0.0892. The molecule has 0 saturated carbocycles. The Labute approximate surface area is 116 Å². The molecular weight excluding hydrogens is 264 g/mol. The Kier molecular flexibility index (Phi) is 5.57. The Morgan fingerprint density at radius 1 is 1.58 bits per heavy atom. The topological polar surface area (TPSA) is 60.9 Å². The molecule has 2 amide bonds. The maximum absolute atomic E-state index is 12.3. The molecule has 1 atom stereocenters. The molecule has 1 aromatic heterocycles. The zero-order chi connectivity index (χ0) is 14.4. The molecule has 0 aromatic carbocycles. The van der Waals surface area contributed by atoms with Crippen molar-refractivity contribution in [2.75, 3.05) is 20.1 Å². The molecule has 0 bridgehead atoms. The molecule has 1 N–H and O–H groups in total. The van der Waals surface area contributed by atoms with Crippen LogP contribution in [0, 0.1) is 0 Å². The van der Waals surface area contributed by atoms with Crippen molar-refractivity contribution in [3.05, 3.63) is 35.0 Å². The van der Waals surface area contributed by atoms with E-state index in [1.165, 1.54) is 15.9 Å². The number of nitrogens with zero attached hydrogens (tertiary/aromatic N) is 2. The summed E-state index contributed by atoms with van der Waals surface area (Å²) in [7, 11) is 1.67. The monoisotopic (exact) mass is 282 g/mol. The first kappa shape index (κ1) is 15.2. The van der Waals surface area contributed by atoms with E-state index < -0.39 is 5.97 Å². The highest BCUT2D eigenvalue weighted by molar-refractivity contribution is 7.10. The maximum atomic E-state index is 12.3. The molecule has 1 heterocycles. The first-order valence-corrected chi connectivity index (χ1v) is 6.73. The average molecular weight is 282 g/mol. The molecule has 104 valence electrons. The predicted molar refractivity (Wildman–Crippen MR) is 75.3 cm³/mol. The van der Waals surface area contributed by atoms with Crippen molar-refractivity contribution < 1.29 is 14.7 Å². The predicted octanol–water partition coefficient (Wildman–Crippen LogP) is 2.43. The summed E-state index contributed by atoms with van der Waals surface area (Å²) in [5, 5.41) is 10.8. The van der Waals surface area contributed by atoms with Crippen LogP contribution in [-0.2, 0) is 4.79 Å². The van der Waals surface area contributed by atoms with Crippen LogP contribution in [0.15, 0.2) is 30.2 Å². The molecule has 5 nitrogen and oxygen atoms in total. The Bertz CT molecular complexity index is 445. The lowest BCUT2D eigenvalue weighted by Crippen LogP contribution is -2.44. The summed E-state index contributed by atoms with van der Waals surface area (Å²) < 4.78 is 0. The van der Waals surface area contributed by atoms with Gasteiger partial charge in [0.05, 0.1) is 6.04 Å². The maximum Gasteiger partial charge on any atom is 0.323 e. The number of amides is 2. The minimum Gasteiger partial charge on any atom is -0.480 e. The molecule has 0 spiro atoms. The third-order valence-electron chi connectivity index (χ3n) is 2.78. The molecule has 0 aliphatic rings. The van der Waals surface area contributed by atoms with Gasteiger partial charge in [0.2, 0.25) is 0 Å². The number of carboxylic acids is 1. The van der Waals surface area contributed by atoms with E-state index in [4.69, 9.17) is 5.11 Å². The number of thiophene rings is 1. The molecular formula is C13H18N2O3S. The normalized spacial score (nSPS) is 11.7. The van der Waals surface area contributed by atoms with Gasteiger partial charge in [-0.15, -0.1) is 17.9 Å². The third kappa shape index (κ3) is 4.10. The number of hydrogen-bond acceptors (Lipinski definition) is 3. The molecule has 0 saturated heterocycles. The smallest absolute Gasteiger partial charge is 0.323 e. The van der Waals surface area contributed by atoms with E-state index in [2.05, 4.69) is 6.58 Å². The third-order valence-corrected chi connectivity index (χ3v) is 3.83. The van der Waals surface area contributed by atoms with Crippen LogP contribution in [0.2, 0.25) is 0 Å². The van der Waals surface area contributed by atoms with Gasteiger partial charge < -0.3 is 14.9 Å². The summed E-state index contributed by atoms with van der Waals surface area (Å²) in [5.74, 6) is -1.03. The fourth-order valence-electron chi connectivity index (χ4n) is 1.64. The first-order chi connectivity index (χ1) is 8.97. The van der Waals surface area contributed by atoms with Gasteiger partial charge >= 0.3 is 12.0 Å². The van der Waals surface area contributed by atoms with E-state index in [0.29, 0.717) is 0 Å². The Morgan fingerprint density at radius 3 is 2.74 bits per heavy atom. The number of carbonyl (C=O) groups is 2. The van der Waals surface area contributed by atoms with Crippen molar-refractivity contribution in [2.45, 2.75) is 13.0 Å². The molecule has 19 heavy (non-hydrogen) atoms. The van der Waals surface area contributed by atoms with Gasteiger partial charge in [0.1, 0.15) is 6.54 Å². The number of carboxylic acid groups (broad SMARTS) is 1. The van der Waals surface area contributed by atoms with Crippen molar-refractivity contribution >= 4 is 23.3 Å². The Morgan fingerprint density at radius 2 is 2.26 bits per heavy atom. The number of carbonyl (C=O) groups excluding carboxylic acids is 1. The standard InChI is InChI=1S/C13H18N2O3S/c1-4-7-15(9-12(16)17)13(18)14(3)10(2)11-6-5-8-19-11/h4-6,8,10H,1,7,9H2,2-3H3,(H,16,17). The molecule has 1 rings (SSSR count). The molecule has 1 aromatic rings. The fraction of sp³-hybridized carbons (Fsp3) is 0.385. The minimum atomic E-state index is -1.03. The van der Waals surface area contributed by atoms with Gasteiger partial charge in [-0.1, -0.05) is 12.1 Å². The zero-order valence-corrected chi connectivity index (χ0v) is 11.9. The Balaban J connectivity index is 2.77.